The Balaban J connectivity index is 2.65. The van der Waals surface area contributed by atoms with Gasteiger partial charge in [-0.2, -0.15) is 0 Å². The number of hydrogen-bond acceptors (Lipinski definition) is 2. The van der Waals surface area contributed by atoms with Crippen molar-refractivity contribution >= 4 is 26.6 Å². The summed E-state index contributed by atoms with van der Waals surface area (Å²) < 4.78 is 5.24. The maximum absolute atomic E-state index is 10.9. The summed E-state index contributed by atoms with van der Waals surface area (Å²) in [5.74, 6) is 0.443. The molecule has 0 bridgehead atoms. The van der Waals surface area contributed by atoms with Crippen molar-refractivity contribution in [3.63, 3.8) is 0 Å². The van der Waals surface area contributed by atoms with Crippen molar-refractivity contribution in [1.29, 1.82) is 0 Å². The highest BCUT2D eigenvalue weighted by Crippen LogP contribution is 2.39. The zero-order valence-electron chi connectivity index (χ0n) is 7.60. The van der Waals surface area contributed by atoms with Gasteiger partial charge in [-0.15, -0.1) is 0 Å². The number of ether oxygens (including phenoxy) is 1. The molecule has 1 rings (SSSR count). The minimum Gasteiger partial charge on any atom is -0.451 e. The zero-order valence-corrected chi connectivity index (χ0v) is 9.76. The Labute approximate surface area is 87.2 Å². The van der Waals surface area contributed by atoms with Crippen LogP contribution in [0.4, 0.5) is 4.79 Å². The summed E-state index contributed by atoms with van der Waals surface area (Å²) in [7, 11) is 0. The lowest BCUT2D eigenvalue weighted by atomic mass is 9.89. The SMILES string of the molecule is CC(C)C1(OC(=O)I)CCCC1. The maximum atomic E-state index is 10.9. The van der Waals surface area contributed by atoms with Gasteiger partial charge in [0.05, 0.1) is 22.6 Å². The number of hydrogen-bond donors (Lipinski definition) is 0. The van der Waals surface area contributed by atoms with Crippen LogP contribution in [-0.4, -0.2) is 9.58 Å². The molecule has 0 unspecified atom stereocenters. The summed E-state index contributed by atoms with van der Waals surface area (Å²) in [4.78, 5) is 10.9. The van der Waals surface area contributed by atoms with E-state index in [4.69, 9.17) is 4.74 Å². The van der Waals surface area contributed by atoms with Gasteiger partial charge in [0, 0.05) is 0 Å². The van der Waals surface area contributed by atoms with Crippen molar-refractivity contribution in [2.24, 2.45) is 5.92 Å². The van der Waals surface area contributed by atoms with Gasteiger partial charge in [0.2, 0.25) is 0 Å². The van der Waals surface area contributed by atoms with Crippen molar-refractivity contribution in [2.75, 3.05) is 0 Å². The van der Waals surface area contributed by atoms with E-state index in [9.17, 15) is 4.79 Å². The molecule has 0 aliphatic heterocycles. The van der Waals surface area contributed by atoms with Crippen LogP contribution in [0.2, 0.25) is 0 Å². The zero-order chi connectivity index (χ0) is 9.19. The second-order valence-corrected chi connectivity index (χ2v) is 4.65. The molecule has 1 fully saturated rings. The van der Waals surface area contributed by atoms with Crippen molar-refractivity contribution in [1.82, 2.24) is 0 Å². The second-order valence-electron chi connectivity index (χ2n) is 3.77. The van der Waals surface area contributed by atoms with Gasteiger partial charge in [0.15, 0.2) is 0 Å². The standard InChI is InChI=1S/C9H15IO2/c1-7(2)9(12-8(10)11)5-3-4-6-9/h7H,3-6H2,1-2H3. The molecule has 1 aliphatic rings. The average Bonchev–Trinajstić information content (AvgIpc) is 2.35. The Morgan fingerprint density at radius 2 is 1.92 bits per heavy atom. The largest absolute Gasteiger partial charge is 0.451 e. The van der Waals surface area contributed by atoms with Gasteiger partial charge >= 0.3 is 3.98 Å². The van der Waals surface area contributed by atoms with Crippen LogP contribution in [0.5, 0.6) is 0 Å². The van der Waals surface area contributed by atoms with Gasteiger partial charge in [-0.25, -0.2) is 4.79 Å². The molecular weight excluding hydrogens is 267 g/mol. The van der Waals surface area contributed by atoms with E-state index in [1.54, 1.807) is 22.6 Å². The van der Waals surface area contributed by atoms with E-state index in [1.165, 1.54) is 12.8 Å². The molecule has 0 heterocycles. The predicted molar refractivity (Wildman–Crippen MR) is 56.5 cm³/mol. The summed E-state index contributed by atoms with van der Waals surface area (Å²) in [6.45, 7) is 4.26. The van der Waals surface area contributed by atoms with Gasteiger partial charge in [-0.05, 0) is 31.6 Å². The first-order chi connectivity index (χ1) is 5.57. The maximum Gasteiger partial charge on any atom is 0.367 e. The van der Waals surface area contributed by atoms with Gasteiger partial charge in [0.25, 0.3) is 0 Å². The van der Waals surface area contributed by atoms with E-state index in [1.807, 2.05) is 0 Å². The Hall–Kier alpha value is 0.200. The average molecular weight is 282 g/mol. The number of carbonyl (C=O) groups is 1. The van der Waals surface area contributed by atoms with Crippen LogP contribution in [0.3, 0.4) is 0 Å². The fraction of sp³-hybridized carbons (Fsp3) is 0.889. The molecule has 3 heteroatoms. The Bertz CT molecular complexity index is 171. The highest BCUT2D eigenvalue weighted by molar-refractivity contribution is 14.1. The quantitative estimate of drug-likeness (QED) is 0.572. The first-order valence-electron chi connectivity index (χ1n) is 4.45. The summed E-state index contributed by atoms with van der Waals surface area (Å²) in [5, 5.41) is 0. The van der Waals surface area contributed by atoms with Crippen LogP contribution >= 0.6 is 22.6 Å². The molecule has 70 valence electrons. The van der Waals surface area contributed by atoms with E-state index in [-0.39, 0.29) is 9.58 Å². The third-order valence-corrected chi connectivity index (χ3v) is 3.01. The normalized spacial score (nSPS) is 21.3. The number of carbonyl (C=O) groups excluding carboxylic acids is 1. The van der Waals surface area contributed by atoms with Crippen LogP contribution in [0.1, 0.15) is 39.5 Å². The smallest absolute Gasteiger partial charge is 0.367 e. The topological polar surface area (TPSA) is 26.3 Å². The summed E-state index contributed by atoms with van der Waals surface area (Å²) in [6.07, 6.45) is 4.48. The number of rotatable bonds is 2. The Morgan fingerprint density at radius 1 is 1.42 bits per heavy atom. The first kappa shape index (κ1) is 10.3. The summed E-state index contributed by atoms with van der Waals surface area (Å²) >= 11 is 1.71. The summed E-state index contributed by atoms with van der Waals surface area (Å²) in [6, 6.07) is 0. The van der Waals surface area contributed by atoms with Gasteiger partial charge in [-0.1, -0.05) is 13.8 Å². The van der Waals surface area contributed by atoms with E-state index in [0.29, 0.717) is 5.92 Å². The second kappa shape index (κ2) is 3.94. The molecule has 1 aliphatic carbocycles. The fourth-order valence-corrected chi connectivity index (χ4v) is 2.37. The molecule has 0 atom stereocenters. The molecule has 1 saturated carbocycles. The van der Waals surface area contributed by atoms with Crippen molar-refractivity contribution in [2.45, 2.75) is 45.1 Å². The van der Waals surface area contributed by atoms with Crippen LogP contribution in [0, 0.1) is 5.92 Å². The van der Waals surface area contributed by atoms with E-state index in [2.05, 4.69) is 13.8 Å². The lowest BCUT2D eigenvalue weighted by Crippen LogP contribution is -2.35. The summed E-state index contributed by atoms with van der Waals surface area (Å²) in [5.41, 5.74) is -0.141. The molecule has 0 radical (unpaired) electrons. The molecule has 0 saturated heterocycles. The monoisotopic (exact) mass is 282 g/mol. The molecule has 12 heavy (non-hydrogen) atoms. The Morgan fingerprint density at radius 3 is 2.25 bits per heavy atom. The van der Waals surface area contributed by atoms with Crippen molar-refractivity contribution in [3.8, 4) is 0 Å². The lowest BCUT2D eigenvalue weighted by molar-refractivity contribution is -0.00271. The van der Waals surface area contributed by atoms with Crippen LogP contribution < -0.4 is 0 Å². The van der Waals surface area contributed by atoms with Crippen molar-refractivity contribution in [3.05, 3.63) is 0 Å². The molecule has 0 aromatic rings. The Kier molecular flexibility index (Phi) is 3.37. The number of halogens is 1. The predicted octanol–water partition coefficient (Wildman–Crippen LogP) is 3.53. The van der Waals surface area contributed by atoms with Crippen molar-refractivity contribution < 1.29 is 9.53 Å². The first-order valence-corrected chi connectivity index (χ1v) is 5.53. The van der Waals surface area contributed by atoms with Gasteiger partial charge in [-0.3, -0.25) is 0 Å². The minimum absolute atomic E-state index is 0.141. The van der Waals surface area contributed by atoms with Gasteiger partial charge in [0.1, 0.15) is 5.60 Å². The van der Waals surface area contributed by atoms with Crippen LogP contribution in [0.15, 0.2) is 0 Å². The minimum atomic E-state index is -0.164. The van der Waals surface area contributed by atoms with E-state index < -0.39 is 0 Å². The van der Waals surface area contributed by atoms with E-state index >= 15 is 0 Å². The molecule has 0 N–H and O–H groups in total. The molecule has 2 nitrogen and oxygen atoms in total. The third-order valence-electron chi connectivity index (χ3n) is 2.79. The fourth-order valence-electron chi connectivity index (χ4n) is 1.93. The highest BCUT2D eigenvalue weighted by Gasteiger charge is 2.40. The van der Waals surface area contributed by atoms with Crippen LogP contribution in [-0.2, 0) is 4.74 Å². The highest BCUT2D eigenvalue weighted by atomic mass is 127. The molecule has 0 amide bonds. The lowest BCUT2D eigenvalue weighted by Gasteiger charge is -2.32. The molecule has 0 spiro atoms. The van der Waals surface area contributed by atoms with E-state index in [0.717, 1.165) is 12.8 Å². The molecular formula is C9H15IO2. The molecule has 0 aromatic heterocycles. The van der Waals surface area contributed by atoms with Crippen LogP contribution in [0.25, 0.3) is 0 Å². The van der Waals surface area contributed by atoms with Gasteiger partial charge < -0.3 is 4.74 Å². The molecule has 0 aromatic carbocycles. The third kappa shape index (κ3) is 2.12.